The molecule has 2 aliphatic rings. The van der Waals surface area contributed by atoms with Crippen molar-refractivity contribution >= 4 is 21.6 Å². The van der Waals surface area contributed by atoms with Gasteiger partial charge >= 0.3 is 5.97 Å². The third kappa shape index (κ3) is 3.48. The van der Waals surface area contributed by atoms with Gasteiger partial charge in [0.25, 0.3) is 0 Å². The second-order valence-corrected chi connectivity index (χ2v) is 9.06. The van der Waals surface area contributed by atoms with Gasteiger partial charge in [0.15, 0.2) is 15.7 Å². The van der Waals surface area contributed by atoms with Crippen molar-refractivity contribution in [3.63, 3.8) is 0 Å². The van der Waals surface area contributed by atoms with Crippen molar-refractivity contribution in [1.82, 2.24) is 4.90 Å². The number of esters is 1. The van der Waals surface area contributed by atoms with Crippen LogP contribution in [0.15, 0.2) is 70.7 Å². The highest BCUT2D eigenvalue weighted by molar-refractivity contribution is 7.91. The Kier molecular flexibility index (Phi) is 5.04. The van der Waals surface area contributed by atoms with Crippen LogP contribution >= 0.6 is 0 Å². The third-order valence-electron chi connectivity index (χ3n) is 5.20. The molecule has 29 heavy (non-hydrogen) atoms. The number of hydrogen-bond donors (Lipinski definition) is 0. The van der Waals surface area contributed by atoms with E-state index in [-0.39, 0.29) is 17.3 Å². The molecular formula is C21H22N2O5S. The molecule has 2 atom stereocenters. The smallest absolute Gasteiger partial charge is 0.328 e. The van der Waals surface area contributed by atoms with Crippen LogP contribution in [-0.2, 0) is 24.2 Å². The Labute approximate surface area is 169 Å². The molecule has 2 aliphatic heterocycles. The second kappa shape index (κ2) is 7.51. The van der Waals surface area contributed by atoms with Crippen molar-refractivity contribution in [3.05, 3.63) is 66.2 Å². The first-order valence-corrected chi connectivity index (χ1v) is 11.2. The van der Waals surface area contributed by atoms with Gasteiger partial charge in [-0.15, -0.1) is 0 Å². The number of benzene rings is 2. The van der Waals surface area contributed by atoms with E-state index >= 15 is 0 Å². The number of carbonyl (C=O) groups excluding carboxylic acids is 1. The topological polar surface area (TPSA) is 85.3 Å². The van der Waals surface area contributed by atoms with Crippen LogP contribution in [-0.4, -0.2) is 49.2 Å². The summed E-state index contributed by atoms with van der Waals surface area (Å²) in [6.07, 6.45) is 0.775. The summed E-state index contributed by atoms with van der Waals surface area (Å²) in [7, 11) is -3.67. The van der Waals surface area contributed by atoms with Crippen molar-refractivity contribution in [2.24, 2.45) is 5.16 Å². The van der Waals surface area contributed by atoms with Crippen molar-refractivity contribution in [2.75, 3.05) is 12.4 Å². The first-order valence-electron chi connectivity index (χ1n) is 9.52. The van der Waals surface area contributed by atoms with Crippen molar-refractivity contribution in [1.29, 1.82) is 0 Å². The van der Waals surface area contributed by atoms with Crippen LogP contribution in [0.2, 0.25) is 0 Å². The fraction of sp³-hybridized carbons (Fsp3) is 0.333. The average Bonchev–Trinajstić information content (AvgIpc) is 3.25. The van der Waals surface area contributed by atoms with Gasteiger partial charge in [-0.25, -0.2) is 13.2 Å². The molecule has 0 N–H and O–H groups in total. The SMILES string of the molecule is CCOC(=O)[C@@H]1CC[C@@]2(CS(=O)(=O)c3ccccc3)ON=C(c3ccccc3)N12. The van der Waals surface area contributed by atoms with Gasteiger partial charge in [0.05, 0.1) is 11.5 Å². The molecule has 0 aliphatic carbocycles. The van der Waals surface area contributed by atoms with Gasteiger partial charge in [0.2, 0.25) is 5.72 Å². The van der Waals surface area contributed by atoms with E-state index in [1.165, 1.54) is 0 Å². The quantitative estimate of drug-likeness (QED) is 0.676. The van der Waals surface area contributed by atoms with E-state index in [1.807, 2.05) is 30.3 Å². The molecule has 0 unspecified atom stereocenters. The molecule has 1 fully saturated rings. The minimum absolute atomic E-state index is 0.214. The van der Waals surface area contributed by atoms with Gasteiger partial charge in [0.1, 0.15) is 11.8 Å². The first-order chi connectivity index (χ1) is 14.0. The highest BCUT2D eigenvalue weighted by Gasteiger charge is 2.58. The zero-order chi connectivity index (χ0) is 20.5. The zero-order valence-electron chi connectivity index (χ0n) is 16.0. The number of amidine groups is 1. The summed E-state index contributed by atoms with van der Waals surface area (Å²) < 4.78 is 31.4. The molecule has 0 amide bonds. The number of ether oxygens (including phenoxy) is 1. The van der Waals surface area contributed by atoms with E-state index in [2.05, 4.69) is 5.16 Å². The average molecular weight is 414 g/mol. The monoisotopic (exact) mass is 414 g/mol. The van der Waals surface area contributed by atoms with Crippen molar-refractivity contribution < 1.29 is 22.8 Å². The van der Waals surface area contributed by atoms with Crippen LogP contribution in [0.1, 0.15) is 25.3 Å². The van der Waals surface area contributed by atoms with Gasteiger partial charge < -0.3 is 9.57 Å². The van der Waals surface area contributed by atoms with Gasteiger partial charge in [-0.05, 0) is 25.5 Å². The number of nitrogens with zero attached hydrogens (tertiary/aromatic N) is 2. The van der Waals surface area contributed by atoms with Crippen LogP contribution in [0, 0.1) is 0 Å². The van der Waals surface area contributed by atoms with E-state index in [0.29, 0.717) is 18.7 Å². The molecule has 0 spiro atoms. The minimum atomic E-state index is -3.67. The zero-order valence-corrected chi connectivity index (χ0v) is 16.8. The molecule has 8 heteroatoms. The number of carbonyl (C=O) groups is 1. The van der Waals surface area contributed by atoms with Crippen molar-refractivity contribution in [3.8, 4) is 0 Å². The molecule has 0 saturated carbocycles. The Morgan fingerprint density at radius 3 is 2.48 bits per heavy atom. The molecule has 4 rings (SSSR count). The number of rotatable bonds is 6. The fourth-order valence-corrected chi connectivity index (χ4v) is 5.58. The summed E-state index contributed by atoms with van der Waals surface area (Å²) in [5.74, 6) is -0.259. The minimum Gasteiger partial charge on any atom is -0.464 e. The Morgan fingerprint density at radius 1 is 1.17 bits per heavy atom. The Morgan fingerprint density at radius 2 is 1.83 bits per heavy atom. The molecular weight excluding hydrogens is 392 g/mol. The van der Waals surface area contributed by atoms with Crippen LogP contribution in [0.25, 0.3) is 0 Å². The van der Waals surface area contributed by atoms with E-state index < -0.39 is 27.6 Å². The maximum absolute atomic E-state index is 13.1. The number of fused-ring (bicyclic) bond motifs is 1. The van der Waals surface area contributed by atoms with E-state index in [9.17, 15) is 13.2 Å². The normalized spacial score (nSPS) is 23.3. The maximum atomic E-state index is 13.1. The standard InChI is InChI=1S/C21H22N2O5S/c1-2-27-20(24)18-13-14-21(15-29(25,26)17-11-7-4-8-12-17)23(18)19(22-28-21)16-9-5-3-6-10-16/h3-12,18H,2,13-15H2,1H3/t18-,21-/m0/s1. The summed E-state index contributed by atoms with van der Waals surface area (Å²) in [6, 6.07) is 16.9. The largest absolute Gasteiger partial charge is 0.464 e. The summed E-state index contributed by atoms with van der Waals surface area (Å²) >= 11 is 0. The summed E-state index contributed by atoms with van der Waals surface area (Å²) in [5, 5.41) is 4.20. The lowest BCUT2D eigenvalue weighted by molar-refractivity contribution is -0.150. The first kappa shape index (κ1) is 19.4. The lowest BCUT2D eigenvalue weighted by atomic mass is 10.1. The van der Waals surface area contributed by atoms with Crippen LogP contribution in [0.3, 0.4) is 0 Å². The van der Waals surface area contributed by atoms with Gasteiger partial charge in [-0.2, -0.15) is 0 Å². The number of hydrogen-bond acceptors (Lipinski definition) is 7. The second-order valence-electron chi connectivity index (χ2n) is 7.07. The summed E-state index contributed by atoms with van der Waals surface area (Å²) in [5.41, 5.74) is -0.486. The van der Waals surface area contributed by atoms with Crippen LogP contribution in [0.4, 0.5) is 0 Å². The Hall–Kier alpha value is -2.87. The predicted octanol–water partition coefficient (Wildman–Crippen LogP) is 2.58. The molecule has 7 nitrogen and oxygen atoms in total. The molecule has 0 radical (unpaired) electrons. The molecule has 2 aromatic carbocycles. The molecule has 152 valence electrons. The molecule has 2 heterocycles. The summed E-state index contributed by atoms with van der Waals surface area (Å²) in [4.78, 5) is 20.3. The number of oxime groups is 1. The molecule has 0 aromatic heterocycles. The molecule has 1 saturated heterocycles. The van der Waals surface area contributed by atoms with E-state index in [0.717, 1.165) is 5.56 Å². The van der Waals surface area contributed by atoms with Crippen LogP contribution < -0.4 is 0 Å². The third-order valence-corrected chi connectivity index (χ3v) is 7.02. The molecule has 2 aromatic rings. The van der Waals surface area contributed by atoms with Gasteiger partial charge in [0, 0.05) is 12.0 Å². The van der Waals surface area contributed by atoms with Gasteiger partial charge in [-0.1, -0.05) is 53.7 Å². The predicted molar refractivity (Wildman–Crippen MR) is 107 cm³/mol. The van der Waals surface area contributed by atoms with Crippen molar-refractivity contribution in [2.45, 2.75) is 36.4 Å². The Bertz CT molecular complexity index is 1020. The molecule has 0 bridgehead atoms. The lowest BCUT2D eigenvalue weighted by Crippen LogP contribution is -2.53. The van der Waals surface area contributed by atoms with Gasteiger partial charge in [-0.3, -0.25) is 4.90 Å². The van der Waals surface area contributed by atoms with Crippen LogP contribution in [0.5, 0.6) is 0 Å². The Balaban J connectivity index is 1.72. The fourth-order valence-electron chi connectivity index (χ4n) is 3.92. The summed E-state index contributed by atoms with van der Waals surface area (Å²) in [6.45, 7) is 1.99. The highest BCUT2D eigenvalue weighted by Crippen LogP contribution is 2.43. The van der Waals surface area contributed by atoms with E-state index in [1.54, 1.807) is 42.2 Å². The highest BCUT2D eigenvalue weighted by atomic mass is 32.2. The van der Waals surface area contributed by atoms with E-state index in [4.69, 9.17) is 9.57 Å². The number of sulfone groups is 1. The lowest BCUT2D eigenvalue weighted by Gasteiger charge is -2.33. The maximum Gasteiger partial charge on any atom is 0.328 e.